The molecule has 196 valence electrons. The number of aliphatic hydroxyl groups excluding tert-OH is 1. The van der Waals surface area contributed by atoms with E-state index in [0.717, 1.165) is 0 Å². The SMILES string of the molecule is C=CCOC(=O)NCC1(O)CN(C[C@@H](O)CNC(=O)[C@@H](N)CCCCNC(=O)OC(C)(C)C)C1. The average molecular weight is 488 g/mol. The molecule has 2 atom stereocenters. The van der Waals surface area contributed by atoms with Crippen LogP contribution >= 0.6 is 0 Å². The van der Waals surface area contributed by atoms with E-state index in [4.69, 9.17) is 15.2 Å². The van der Waals surface area contributed by atoms with Gasteiger partial charge >= 0.3 is 12.2 Å². The average Bonchev–Trinajstić information content (AvgIpc) is 2.71. The van der Waals surface area contributed by atoms with E-state index >= 15 is 0 Å². The standard InChI is InChI=1S/C22H41N5O7/c1-5-10-33-19(30)26-13-22(32)14-27(15-22)12-16(28)11-25-18(29)17(23)8-6-7-9-24-20(31)34-21(2,3)4/h5,16-17,28,32H,1,6-15,23H2,2-4H3,(H,24,31)(H,25,29)(H,26,30)/t16-,17-/m0/s1. The highest BCUT2D eigenvalue weighted by molar-refractivity contribution is 5.81. The highest BCUT2D eigenvalue weighted by Gasteiger charge is 2.41. The third-order valence-corrected chi connectivity index (χ3v) is 4.86. The lowest BCUT2D eigenvalue weighted by Gasteiger charge is -2.47. The zero-order chi connectivity index (χ0) is 25.8. The van der Waals surface area contributed by atoms with Crippen LogP contribution in [-0.2, 0) is 14.3 Å². The van der Waals surface area contributed by atoms with Crippen molar-refractivity contribution >= 4 is 18.1 Å². The van der Waals surface area contributed by atoms with Gasteiger partial charge in [-0.1, -0.05) is 12.7 Å². The molecule has 7 N–H and O–H groups in total. The highest BCUT2D eigenvalue weighted by Crippen LogP contribution is 2.20. The van der Waals surface area contributed by atoms with Gasteiger partial charge in [0.25, 0.3) is 0 Å². The summed E-state index contributed by atoms with van der Waals surface area (Å²) in [5.41, 5.74) is 4.25. The molecular weight excluding hydrogens is 446 g/mol. The predicted octanol–water partition coefficient (Wildman–Crippen LogP) is -0.555. The molecule has 0 aromatic heterocycles. The zero-order valence-electron chi connectivity index (χ0n) is 20.5. The van der Waals surface area contributed by atoms with Crippen LogP contribution < -0.4 is 21.7 Å². The van der Waals surface area contributed by atoms with Crippen molar-refractivity contribution in [3.05, 3.63) is 12.7 Å². The van der Waals surface area contributed by atoms with Crippen molar-refractivity contribution in [1.29, 1.82) is 0 Å². The number of carbonyl (C=O) groups is 3. The van der Waals surface area contributed by atoms with E-state index < -0.39 is 35.5 Å². The number of rotatable bonds is 14. The molecular formula is C22H41N5O7. The van der Waals surface area contributed by atoms with Crippen molar-refractivity contribution < 1.29 is 34.1 Å². The van der Waals surface area contributed by atoms with Gasteiger partial charge in [0.2, 0.25) is 5.91 Å². The van der Waals surface area contributed by atoms with E-state index in [9.17, 15) is 24.6 Å². The van der Waals surface area contributed by atoms with E-state index in [2.05, 4.69) is 22.5 Å². The van der Waals surface area contributed by atoms with Crippen molar-refractivity contribution in [2.24, 2.45) is 5.73 Å². The molecule has 3 amide bonds. The normalized spacial score (nSPS) is 17.0. The van der Waals surface area contributed by atoms with Crippen LogP contribution in [0.25, 0.3) is 0 Å². The quantitative estimate of drug-likeness (QED) is 0.139. The fraction of sp³-hybridized carbons (Fsp3) is 0.773. The van der Waals surface area contributed by atoms with Crippen LogP contribution in [0.4, 0.5) is 9.59 Å². The Balaban J connectivity index is 2.12. The number of β-amino-alcohol motifs (C(OH)–C–C–N with tert-alkyl or cyclic N) is 2. The van der Waals surface area contributed by atoms with Crippen LogP contribution in [0.2, 0.25) is 0 Å². The first-order valence-corrected chi connectivity index (χ1v) is 11.5. The number of nitrogens with zero attached hydrogens (tertiary/aromatic N) is 1. The molecule has 34 heavy (non-hydrogen) atoms. The molecule has 0 spiro atoms. The number of hydrogen-bond donors (Lipinski definition) is 6. The summed E-state index contributed by atoms with van der Waals surface area (Å²) < 4.78 is 9.92. The van der Waals surface area contributed by atoms with E-state index in [-0.39, 0.29) is 45.2 Å². The molecule has 1 aliphatic heterocycles. The molecule has 12 heteroatoms. The highest BCUT2D eigenvalue weighted by atomic mass is 16.6. The number of ether oxygens (including phenoxy) is 2. The molecule has 0 aliphatic carbocycles. The molecule has 0 aromatic carbocycles. The maximum Gasteiger partial charge on any atom is 0.407 e. The number of alkyl carbamates (subject to hydrolysis) is 2. The third kappa shape index (κ3) is 12.7. The van der Waals surface area contributed by atoms with Crippen LogP contribution in [0, 0.1) is 0 Å². The van der Waals surface area contributed by atoms with E-state index in [1.807, 2.05) is 4.90 Å². The first-order chi connectivity index (χ1) is 15.8. The van der Waals surface area contributed by atoms with Crippen LogP contribution in [0.1, 0.15) is 40.0 Å². The molecule has 1 fully saturated rings. The number of unbranched alkanes of at least 4 members (excludes halogenated alkanes) is 1. The summed E-state index contributed by atoms with van der Waals surface area (Å²) in [7, 11) is 0. The summed E-state index contributed by atoms with van der Waals surface area (Å²) >= 11 is 0. The smallest absolute Gasteiger partial charge is 0.407 e. The Kier molecular flexibility index (Phi) is 12.3. The number of nitrogens with two attached hydrogens (primary N) is 1. The maximum absolute atomic E-state index is 12.1. The molecule has 12 nitrogen and oxygen atoms in total. The Bertz CT molecular complexity index is 677. The number of nitrogens with one attached hydrogen (secondary N) is 3. The Morgan fingerprint density at radius 1 is 1.18 bits per heavy atom. The zero-order valence-corrected chi connectivity index (χ0v) is 20.5. The number of hydrogen-bond acceptors (Lipinski definition) is 9. The van der Waals surface area contributed by atoms with Crippen molar-refractivity contribution in [3.63, 3.8) is 0 Å². The van der Waals surface area contributed by atoms with Gasteiger partial charge < -0.3 is 41.4 Å². The minimum absolute atomic E-state index is 0.0355. The van der Waals surface area contributed by atoms with E-state index in [1.54, 1.807) is 20.8 Å². The molecule has 0 radical (unpaired) electrons. The first kappa shape index (κ1) is 29.6. The van der Waals surface area contributed by atoms with Gasteiger partial charge in [0.1, 0.15) is 17.8 Å². The second-order valence-electron chi connectivity index (χ2n) is 9.56. The lowest BCUT2D eigenvalue weighted by Crippen LogP contribution is -2.67. The van der Waals surface area contributed by atoms with Crippen molar-refractivity contribution in [2.75, 3.05) is 45.9 Å². The Morgan fingerprint density at radius 2 is 1.85 bits per heavy atom. The van der Waals surface area contributed by atoms with Crippen LogP contribution in [0.3, 0.4) is 0 Å². The molecule has 0 aromatic rings. The predicted molar refractivity (Wildman–Crippen MR) is 126 cm³/mol. The van der Waals surface area contributed by atoms with Crippen LogP contribution in [0.15, 0.2) is 12.7 Å². The van der Waals surface area contributed by atoms with Gasteiger partial charge in [0.15, 0.2) is 0 Å². The van der Waals surface area contributed by atoms with E-state index in [0.29, 0.717) is 25.8 Å². The fourth-order valence-corrected chi connectivity index (χ4v) is 3.29. The summed E-state index contributed by atoms with van der Waals surface area (Å²) in [5.74, 6) is -0.360. The number of amides is 3. The van der Waals surface area contributed by atoms with Crippen molar-refractivity contribution in [1.82, 2.24) is 20.9 Å². The van der Waals surface area contributed by atoms with Gasteiger partial charge in [0, 0.05) is 32.7 Å². The summed E-state index contributed by atoms with van der Waals surface area (Å²) in [6.45, 7) is 10.2. The van der Waals surface area contributed by atoms with Crippen LogP contribution in [0.5, 0.6) is 0 Å². The first-order valence-electron chi connectivity index (χ1n) is 11.5. The van der Waals surface area contributed by atoms with Gasteiger partial charge in [-0.3, -0.25) is 9.69 Å². The maximum atomic E-state index is 12.1. The van der Waals surface area contributed by atoms with Crippen molar-refractivity contribution in [3.8, 4) is 0 Å². The van der Waals surface area contributed by atoms with Gasteiger partial charge in [0.05, 0.1) is 18.7 Å². The fourth-order valence-electron chi connectivity index (χ4n) is 3.29. The van der Waals surface area contributed by atoms with E-state index in [1.165, 1.54) is 6.08 Å². The van der Waals surface area contributed by atoms with Gasteiger partial charge in [-0.2, -0.15) is 0 Å². The lowest BCUT2D eigenvalue weighted by molar-refractivity contribution is -0.124. The lowest BCUT2D eigenvalue weighted by atomic mass is 9.93. The second kappa shape index (κ2) is 14.1. The molecule has 1 heterocycles. The molecule has 0 unspecified atom stereocenters. The largest absolute Gasteiger partial charge is 0.445 e. The van der Waals surface area contributed by atoms with Gasteiger partial charge in [-0.15, -0.1) is 0 Å². The Hall–Kier alpha value is -2.41. The minimum atomic E-state index is -1.09. The molecule has 1 aliphatic rings. The van der Waals surface area contributed by atoms with Crippen LogP contribution in [-0.4, -0.2) is 102 Å². The monoisotopic (exact) mass is 487 g/mol. The molecule has 0 saturated carbocycles. The topological polar surface area (TPSA) is 175 Å². The van der Waals surface area contributed by atoms with Gasteiger partial charge in [-0.05, 0) is 40.0 Å². The second-order valence-corrected chi connectivity index (χ2v) is 9.56. The number of aliphatic hydroxyl groups is 2. The molecule has 1 saturated heterocycles. The third-order valence-electron chi connectivity index (χ3n) is 4.86. The summed E-state index contributed by atoms with van der Waals surface area (Å²) in [6, 6.07) is -0.713. The summed E-state index contributed by atoms with van der Waals surface area (Å²) in [6.07, 6.45) is 1.25. The Morgan fingerprint density at radius 3 is 2.47 bits per heavy atom. The summed E-state index contributed by atoms with van der Waals surface area (Å²) in [4.78, 5) is 36.9. The summed E-state index contributed by atoms with van der Waals surface area (Å²) in [5, 5.41) is 28.2. The number of likely N-dealkylation sites (tertiary alicyclic amines) is 1. The molecule has 1 rings (SSSR count). The Labute approximate surface area is 201 Å². The molecule has 0 bridgehead atoms. The van der Waals surface area contributed by atoms with Gasteiger partial charge in [-0.25, -0.2) is 9.59 Å². The minimum Gasteiger partial charge on any atom is -0.445 e. The number of carbonyl (C=O) groups excluding carboxylic acids is 3. The van der Waals surface area contributed by atoms with Crippen molar-refractivity contribution in [2.45, 2.75) is 63.4 Å².